The van der Waals surface area contributed by atoms with Crippen LogP contribution in [0.15, 0.2) is 66.7 Å². The Morgan fingerprint density at radius 1 is 0.867 bits per heavy atom. The van der Waals surface area contributed by atoms with Crippen molar-refractivity contribution in [3.63, 3.8) is 0 Å². The van der Waals surface area contributed by atoms with Crippen LogP contribution in [0, 0.1) is 0 Å². The van der Waals surface area contributed by atoms with Crippen molar-refractivity contribution in [3.05, 3.63) is 83.4 Å². The van der Waals surface area contributed by atoms with Crippen molar-refractivity contribution in [2.75, 3.05) is 29.9 Å². The zero-order chi connectivity index (χ0) is 21.1. The minimum Gasteiger partial charge on any atom is -0.449 e. The standard InChI is InChI=1S/C26H28N2O2/c1-4-27-19-13-16-22(25-21-9-7-8-10-23(21)26(29)30-25)24(17-19)18-11-14-20(15-12-18)28(5-2)6-3/h7-17,25,27H,4-6H2,1-3H3. The molecule has 1 unspecified atom stereocenters. The van der Waals surface area contributed by atoms with Crippen molar-refractivity contribution in [3.8, 4) is 11.1 Å². The van der Waals surface area contributed by atoms with E-state index in [-0.39, 0.29) is 12.1 Å². The van der Waals surface area contributed by atoms with E-state index in [9.17, 15) is 4.79 Å². The summed E-state index contributed by atoms with van der Waals surface area (Å²) in [6.07, 6.45) is -0.387. The number of hydrogen-bond acceptors (Lipinski definition) is 4. The van der Waals surface area contributed by atoms with Crippen LogP contribution in [0.4, 0.5) is 11.4 Å². The first-order valence-electron chi connectivity index (χ1n) is 10.7. The number of fused-ring (bicyclic) bond motifs is 1. The molecule has 3 aromatic carbocycles. The van der Waals surface area contributed by atoms with Gasteiger partial charge in [-0.1, -0.05) is 36.4 Å². The number of cyclic esters (lactones) is 1. The molecular weight excluding hydrogens is 372 g/mol. The predicted octanol–water partition coefficient (Wildman–Crippen LogP) is 5.89. The molecule has 0 fully saturated rings. The Balaban J connectivity index is 1.79. The third-order valence-electron chi connectivity index (χ3n) is 5.71. The maximum atomic E-state index is 12.4. The van der Waals surface area contributed by atoms with E-state index in [2.05, 4.69) is 73.5 Å². The predicted molar refractivity (Wildman–Crippen MR) is 123 cm³/mol. The van der Waals surface area contributed by atoms with Gasteiger partial charge >= 0.3 is 5.97 Å². The molecule has 4 rings (SSSR count). The SMILES string of the molecule is CCNc1ccc(C2OC(=O)c3ccccc32)c(-c2ccc(N(CC)CC)cc2)c1. The first-order valence-corrected chi connectivity index (χ1v) is 10.7. The molecule has 0 saturated carbocycles. The molecule has 1 atom stereocenters. The summed E-state index contributed by atoms with van der Waals surface area (Å²) >= 11 is 0. The number of hydrogen-bond donors (Lipinski definition) is 1. The molecule has 3 aromatic rings. The molecular formula is C26H28N2O2. The van der Waals surface area contributed by atoms with E-state index in [0.29, 0.717) is 5.56 Å². The van der Waals surface area contributed by atoms with Crippen LogP contribution in [-0.2, 0) is 4.74 Å². The summed E-state index contributed by atoms with van der Waals surface area (Å²) in [6, 6.07) is 22.6. The van der Waals surface area contributed by atoms with Crippen molar-refractivity contribution in [1.29, 1.82) is 0 Å². The monoisotopic (exact) mass is 400 g/mol. The summed E-state index contributed by atoms with van der Waals surface area (Å²) in [6.45, 7) is 9.22. The Hall–Kier alpha value is -3.27. The summed E-state index contributed by atoms with van der Waals surface area (Å²) in [5.74, 6) is -0.255. The third-order valence-corrected chi connectivity index (χ3v) is 5.71. The molecule has 0 aliphatic carbocycles. The van der Waals surface area contributed by atoms with Gasteiger partial charge in [-0.15, -0.1) is 0 Å². The first-order chi connectivity index (χ1) is 14.7. The number of ether oxygens (including phenoxy) is 1. The topological polar surface area (TPSA) is 41.6 Å². The highest BCUT2D eigenvalue weighted by Crippen LogP contribution is 2.41. The minimum absolute atomic E-state index is 0.255. The quantitative estimate of drug-likeness (QED) is 0.502. The second-order valence-electron chi connectivity index (χ2n) is 7.42. The third kappa shape index (κ3) is 3.65. The summed E-state index contributed by atoms with van der Waals surface area (Å²) in [5.41, 5.74) is 7.05. The molecule has 0 saturated heterocycles. The van der Waals surface area contributed by atoms with Crippen LogP contribution in [0.3, 0.4) is 0 Å². The van der Waals surface area contributed by atoms with E-state index in [0.717, 1.165) is 47.6 Å². The number of nitrogens with zero attached hydrogens (tertiary/aromatic N) is 1. The van der Waals surface area contributed by atoms with Gasteiger partial charge in [-0.3, -0.25) is 0 Å². The molecule has 1 N–H and O–H groups in total. The second-order valence-corrected chi connectivity index (χ2v) is 7.42. The summed E-state index contributed by atoms with van der Waals surface area (Å²) in [5, 5.41) is 3.40. The van der Waals surface area contributed by atoms with Gasteiger partial charge in [-0.05, 0) is 62.2 Å². The molecule has 0 amide bonds. The molecule has 0 aromatic heterocycles. The molecule has 1 heterocycles. The molecule has 1 aliphatic rings. The maximum Gasteiger partial charge on any atom is 0.339 e. The Morgan fingerprint density at radius 2 is 1.57 bits per heavy atom. The highest BCUT2D eigenvalue weighted by molar-refractivity contribution is 5.95. The Morgan fingerprint density at radius 3 is 2.27 bits per heavy atom. The molecule has 4 heteroatoms. The lowest BCUT2D eigenvalue weighted by atomic mass is 9.91. The van der Waals surface area contributed by atoms with Gasteiger partial charge in [0.15, 0.2) is 6.10 Å². The number of nitrogens with one attached hydrogen (secondary N) is 1. The lowest BCUT2D eigenvalue weighted by molar-refractivity contribution is 0.0456. The van der Waals surface area contributed by atoms with Gasteiger partial charge < -0.3 is 15.0 Å². The average Bonchev–Trinajstić information content (AvgIpc) is 3.12. The fourth-order valence-corrected chi connectivity index (χ4v) is 4.17. The van der Waals surface area contributed by atoms with Gasteiger partial charge in [-0.2, -0.15) is 0 Å². The van der Waals surface area contributed by atoms with Crippen molar-refractivity contribution in [2.45, 2.75) is 26.9 Å². The normalized spacial score (nSPS) is 14.9. The zero-order valence-corrected chi connectivity index (χ0v) is 17.8. The highest BCUT2D eigenvalue weighted by atomic mass is 16.5. The number of carbonyl (C=O) groups excluding carboxylic acids is 1. The summed E-state index contributed by atoms with van der Waals surface area (Å²) in [7, 11) is 0. The van der Waals surface area contributed by atoms with Gasteiger partial charge in [0.2, 0.25) is 0 Å². The van der Waals surface area contributed by atoms with E-state index in [1.807, 2.05) is 24.3 Å². The number of benzene rings is 3. The molecule has 0 bridgehead atoms. The van der Waals surface area contributed by atoms with Gasteiger partial charge in [0.25, 0.3) is 0 Å². The Bertz CT molecular complexity index is 1040. The van der Waals surface area contributed by atoms with Gasteiger partial charge in [0.1, 0.15) is 0 Å². The molecule has 30 heavy (non-hydrogen) atoms. The average molecular weight is 401 g/mol. The number of rotatable bonds is 7. The molecule has 4 nitrogen and oxygen atoms in total. The van der Waals surface area contributed by atoms with Gasteiger partial charge in [-0.25, -0.2) is 4.79 Å². The van der Waals surface area contributed by atoms with Crippen LogP contribution in [0.1, 0.15) is 48.4 Å². The Labute approximate surface area is 178 Å². The molecule has 1 aliphatic heterocycles. The van der Waals surface area contributed by atoms with E-state index in [4.69, 9.17) is 4.74 Å². The largest absolute Gasteiger partial charge is 0.449 e. The number of anilines is 2. The summed E-state index contributed by atoms with van der Waals surface area (Å²) in [4.78, 5) is 14.7. The van der Waals surface area contributed by atoms with E-state index >= 15 is 0 Å². The minimum atomic E-state index is -0.387. The lowest BCUT2D eigenvalue weighted by Gasteiger charge is -2.22. The van der Waals surface area contributed by atoms with Crippen LogP contribution in [0.5, 0.6) is 0 Å². The fourth-order valence-electron chi connectivity index (χ4n) is 4.17. The fraction of sp³-hybridized carbons (Fsp3) is 0.269. The molecule has 0 spiro atoms. The zero-order valence-electron chi connectivity index (χ0n) is 17.8. The van der Waals surface area contributed by atoms with Crippen LogP contribution in [0.2, 0.25) is 0 Å². The maximum absolute atomic E-state index is 12.4. The molecule has 154 valence electrons. The van der Waals surface area contributed by atoms with E-state index in [1.54, 1.807) is 0 Å². The first kappa shape index (κ1) is 20.0. The lowest BCUT2D eigenvalue weighted by Crippen LogP contribution is -2.21. The van der Waals surface area contributed by atoms with Crippen molar-refractivity contribution in [1.82, 2.24) is 0 Å². The van der Waals surface area contributed by atoms with Gasteiger partial charge in [0.05, 0.1) is 5.56 Å². The van der Waals surface area contributed by atoms with Crippen LogP contribution in [0.25, 0.3) is 11.1 Å². The molecule has 0 radical (unpaired) electrons. The highest BCUT2D eigenvalue weighted by Gasteiger charge is 2.33. The van der Waals surface area contributed by atoms with Crippen LogP contribution >= 0.6 is 0 Å². The Kier molecular flexibility index (Phi) is 5.75. The second kappa shape index (κ2) is 8.62. The summed E-state index contributed by atoms with van der Waals surface area (Å²) < 4.78 is 5.81. The van der Waals surface area contributed by atoms with Crippen LogP contribution < -0.4 is 10.2 Å². The van der Waals surface area contributed by atoms with Crippen LogP contribution in [-0.4, -0.2) is 25.6 Å². The van der Waals surface area contributed by atoms with E-state index < -0.39 is 0 Å². The smallest absolute Gasteiger partial charge is 0.339 e. The number of carbonyl (C=O) groups is 1. The number of esters is 1. The van der Waals surface area contributed by atoms with Gasteiger partial charge in [0, 0.05) is 42.1 Å². The van der Waals surface area contributed by atoms with Crippen molar-refractivity contribution in [2.24, 2.45) is 0 Å². The van der Waals surface area contributed by atoms with E-state index in [1.165, 1.54) is 5.69 Å². The van der Waals surface area contributed by atoms with Crippen molar-refractivity contribution >= 4 is 17.3 Å². The van der Waals surface area contributed by atoms with Crippen molar-refractivity contribution < 1.29 is 9.53 Å².